The highest BCUT2D eigenvalue weighted by molar-refractivity contribution is 5.14. The maximum absolute atomic E-state index is 10.2. The molecule has 2 N–H and O–H groups in total. The van der Waals surface area contributed by atoms with Crippen LogP contribution in [0, 0.1) is 18.3 Å². The molecule has 0 spiro atoms. The lowest BCUT2D eigenvalue weighted by atomic mass is 9.47. The van der Waals surface area contributed by atoms with Crippen LogP contribution in [0.25, 0.3) is 0 Å². The number of rotatable bonds is 0. The molecule has 4 saturated carbocycles. The van der Waals surface area contributed by atoms with Gasteiger partial charge in [0.25, 0.3) is 0 Å². The fourth-order valence-corrected chi connectivity index (χ4v) is 4.53. The van der Waals surface area contributed by atoms with Gasteiger partial charge in [0, 0.05) is 6.42 Å². The molecule has 0 heterocycles. The monoisotopic (exact) mass is 181 g/mol. The second-order valence-electron chi connectivity index (χ2n) is 5.96. The van der Waals surface area contributed by atoms with Crippen molar-refractivity contribution in [2.45, 2.75) is 49.7 Å². The van der Waals surface area contributed by atoms with E-state index in [9.17, 15) is 10.2 Å². The predicted octanol–water partition coefficient (Wildman–Crippen LogP) is 1.27. The maximum Gasteiger partial charge on any atom is 0.0683 e. The Morgan fingerprint density at radius 2 is 1.46 bits per heavy atom. The van der Waals surface area contributed by atoms with E-state index in [1.54, 1.807) is 0 Å². The van der Waals surface area contributed by atoms with Crippen LogP contribution >= 0.6 is 0 Å². The van der Waals surface area contributed by atoms with Gasteiger partial charge in [-0.1, -0.05) is 0 Å². The molecule has 73 valence electrons. The van der Waals surface area contributed by atoms with Crippen LogP contribution in [0.4, 0.5) is 0 Å². The van der Waals surface area contributed by atoms with Gasteiger partial charge in [-0.25, -0.2) is 0 Å². The predicted molar refractivity (Wildman–Crippen MR) is 48.9 cm³/mol. The molecule has 4 bridgehead atoms. The lowest BCUT2D eigenvalue weighted by Crippen LogP contribution is -2.62. The van der Waals surface area contributed by atoms with Crippen LogP contribution in [0.2, 0.25) is 0 Å². The first kappa shape index (κ1) is 8.25. The van der Waals surface area contributed by atoms with Crippen molar-refractivity contribution in [3.8, 4) is 0 Å². The van der Waals surface area contributed by atoms with E-state index in [1.165, 1.54) is 0 Å². The van der Waals surface area contributed by atoms with Crippen molar-refractivity contribution < 1.29 is 10.2 Å². The number of hydrogen-bond donors (Lipinski definition) is 2. The van der Waals surface area contributed by atoms with Gasteiger partial charge in [0.15, 0.2) is 0 Å². The van der Waals surface area contributed by atoms with Crippen molar-refractivity contribution in [2.24, 2.45) is 11.3 Å². The molecule has 0 aromatic rings. The number of aliphatic hydroxyl groups is 2. The molecule has 4 rings (SSSR count). The highest BCUT2D eigenvalue weighted by Crippen LogP contribution is 2.62. The van der Waals surface area contributed by atoms with Gasteiger partial charge < -0.3 is 10.2 Å². The Bertz CT molecular complexity index is 210. The molecule has 4 fully saturated rings. The largest absolute Gasteiger partial charge is 0.390 e. The lowest BCUT2D eigenvalue weighted by molar-refractivity contribution is -0.218. The summed E-state index contributed by atoms with van der Waals surface area (Å²) in [6.45, 7) is 4.20. The highest BCUT2D eigenvalue weighted by Gasteiger charge is 2.60. The molecule has 2 atom stereocenters. The van der Waals surface area contributed by atoms with E-state index < -0.39 is 11.2 Å². The molecule has 0 aromatic carbocycles. The quantitative estimate of drug-likeness (QED) is 0.590. The lowest BCUT2D eigenvalue weighted by Gasteiger charge is -2.62. The molecule has 0 saturated heterocycles. The standard InChI is InChI=1S/C11H17O2/c1-9-2-8-3-10(12,5-9)7-11(13,4-8)6-9/h8,12-13H,1-7H2. The second kappa shape index (κ2) is 1.96. The summed E-state index contributed by atoms with van der Waals surface area (Å²) in [5.74, 6) is 0.517. The SMILES string of the molecule is [CH2]C12CC3CC(O)(C1)CC(O)(C3)C2. The van der Waals surface area contributed by atoms with Crippen molar-refractivity contribution in [3.05, 3.63) is 6.92 Å². The van der Waals surface area contributed by atoms with Gasteiger partial charge in [0.2, 0.25) is 0 Å². The van der Waals surface area contributed by atoms with E-state index in [0.717, 1.165) is 32.1 Å². The molecule has 0 amide bonds. The van der Waals surface area contributed by atoms with Gasteiger partial charge in [0.1, 0.15) is 0 Å². The molecular weight excluding hydrogens is 164 g/mol. The minimum atomic E-state index is -0.587. The summed E-state index contributed by atoms with van der Waals surface area (Å²) in [5, 5.41) is 20.5. The molecule has 13 heavy (non-hydrogen) atoms. The molecule has 4 aliphatic rings. The molecule has 0 aliphatic heterocycles. The van der Waals surface area contributed by atoms with Crippen LogP contribution in [-0.2, 0) is 0 Å². The van der Waals surface area contributed by atoms with E-state index in [2.05, 4.69) is 6.92 Å². The summed E-state index contributed by atoms with van der Waals surface area (Å²) in [6.07, 6.45) is 5.10. The molecule has 0 aromatic heterocycles. The van der Waals surface area contributed by atoms with Crippen LogP contribution in [0.3, 0.4) is 0 Å². The van der Waals surface area contributed by atoms with Crippen LogP contribution in [0.5, 0.6) is 0 Å². The first-order valence-corrected chi connectivity index (χ1v) is 5.21. The molecule has 4 aliphatic carbocycles. The van der Waals surface area contributed by atoms with Crippen molar-refractivity contribution in [2.75, 3.05) is 0 Å². The summed E-state index contributed by atoms with van der Waals surface area (Å²) in [4.78, 5) is 0. The van der Waals surface area contributed by atoms with Crippen molar-refractivity contribution in [3.63, 3.8) is 0 Å². The zero-order chi connectivity index (χ0) is 9.32. The molecular formula is C11H17O2. The van der Waals surface area contributed by atoms with E-state index in [1.807, 2.05) is 0 Å². The minimum absolute atomic E-state index is 0.0249. The third kappa shape index (κ3) is 1.08. The van der Waals surface area contributed by atoms with Crippen molar-refractivity contribution in [1.29, 1.82) is 0 Å². The maximum atomic E-state index is 10.2. The smallest absolute Gasteiger partial charge is 0.0683 e. The topological polar surface area (TPSA) is 40.5 Å². The first-order valence-electron chi connectivity index (χ1n) is 5.21. The fraction of sp³-hybridized carbons (Fsp3) is 0.909. The molecule has 2 unspecified atom stereocenters. The normalized spacial score (nSPS) is 64.4. The fourth-order valence-electron chi connectivity index (χ4n) is 4.53. The van der Waals surface area contributed by atoms with Gasteiger partial charge in [-0.3, -0.25) is 0 Å². The Morgan fingerprint density at radius 3 is 1.85 bits per heavy atom. The van der Waals surface area contributed by atoms with E-state index in [0.29, 0.717) is 12.3 Å². The van der Waals surface area contributed by atoms with Gasteiger partial charge in [0.05, 0.1) is 11.2 Å². The van der Waals surface area contributed by atoms with E-state index in [-0.39, 0.29) is 5.41 Å². The Kier molecular flexibility index (Phi) is 1.24. The summed E-state index contributed by atoms with van der Waals surface area (Å²) < 4.78 is 0. The zero-order valence-corrected chi connectivity index (χ0v) is 7.92. The molecule has 2 heteroatoms. The Balaban J connectivity index is 2.03. The summed E-state index contributed by atoms with van der Waals surface area (Å²) in [5.41, 5.74) is -1.20. The number of hydrogen-bond acceptors (Lipinski definition) is 2. The van der Waals surface area contributed by atoms with Crippen LogP contribution in [0.15, 0.2) is 0 Å². The van der Waals surface area contributed by atoms with Crippen molar-refractivity contribution in [1.82, 2.24) is 0 Å². The van der Waals surface area contributed by atoms with Gasteiger partial charge in [-0.05, 0) is 50.4 Å². The van der Waals surface area contributed by atoms with E-state index >= 15 is 0 Å². The Labute approximate surface area is 79.0 Å². The molecule has 1 radical (unpaired) electrons. The van der Waals surface area contributed by atoms with Gasteiger partial charge in [-0.2, -0.15) is 0 Å². The van der Waals surface area contributed by atoms with Crippen LogP contribution in [0.1, 0.15) is 38.5 Å². The Hall–Kier alpha value is -0.0800. The summed E-state index contributed by atoms with van der Waals surface area (Å²) in [6, 6.07) is 0. The summed E-state index contributed by atoms with van der Waals surface area (Å²) in [7, 11) is 0. The second-order valence-corrected chi connectivity index (χ2v) is 5.96. The average Bonchev–Trinajstić information content (AvgIpc) is 1.71. The van der Waals surface area contributed by atoms with Gasteiger partial charge in [-0.15, -0.1) is 0 Å². The first-order chi connectivity index (χ1) is 5.91. The molecule has 2 nitrogen and oxygen atoms in total. The van der Waals surface area contributed by atoms with Crippen LogP contribution in [-0.4, -0.2) is 21.4 Å². The van der Waals surface area contributed by atoms with Crippen molar-refractivity contribution >= 4 is 0 Å². The highest BCUT2D eigenvalue weighted by atomic mass is 16.3. The van der Waals surface area contributed by atoms with Gasteiger partial charge >= 0.3 is 0 Å². The zero-order valence-electron chi connectivity index (χ0n) is 7.92. The summed E-state index contributed by atoms with van der Waals surface area (Å²) >= 11 is 0. The third-order valence-corrected chi connectivity index (χ3v) is 4.13. The Morgan fingerprint density at radius 1 is 0.923 bits per heavy atom. The van der Waals surface area contributed by atoms with Crippen LogP contribution < -0.4 is 0 Å². The van der Waals surface area contributed by atoms with E-state index in [4.69, 9.17) is 0 Å². The minimum Gasteiger partial charge on any atom is -0.390 e. The average molecular weight is 181 g/mol. The third-order valence-electron chi connectivity index (χ3n) is 4.13.